The maximum absolute atomic E-state index is 10.7. The first-order chi connectivity index (χ1) is 8.86. The maximum atomic E-state index is 10.7. The lowest BCUT2D eigenvalue weighted by molar-refractivity contribution is 0.112. The zero-order valence-electron chi connectivity index (χ0n) is 10.7. The van der Waals surface area contributed by atoms with Gasteiger partial charge in [-0.1, -0.05) is 6.42 Å². The van der Waals surface area contributed by atoms with Crippen molar-refractivity contribution >= 4 is 12.0 Å². The van der Waals surface area contributed by atoms with E-state index in [1.54, 1.807) is 0 Å². The van der Waals surface area contributed by atoms with Crippen LogP contribution in [0, 0.1) is 0 Å². The normalized spacial score (nSPS) is 24.7. The molecule has 1 unspecified atom stereocenters. The number of carbonyl (C=O) groups is 1. The second-order valence-corrected chi connectivity index (χ2v) is 5.34. The van der Waals surface area contributed by atoms with E-state index < -0.39 is 0 Å². The SMILES string of the molecule is O=Cc1ccc(N2CCN3CCCCC3C2)cc1. The van der Waals surface area contributed by atoms with Crippen LogP contribution in [0.3, 0.4) is 0 Å². The van der Waals surface area contributed by atoms with Gasteiger partial charge >= 0.3 is 0 Å². The molecule has 0 saturated carbocycles. The zero-order valence-corrected chi connectivity index (χ0v) is 10.7. The van der Waals surface area contributed by atoms with E-state index in [1.165, 1.54) is 38.0 Å². The van der Waals surface area contributed by atoms with Gasteiger partial charge in [-0.15, -0.1) is 0 Å². The fraction of sp³-hybridized carbons (Fsp3) is 0.533. The summed E-state index contributed by atoms with van der Waals surface area (Å²) in [6.45, 7) is 4.71. The third-order valence-electron chi connectivity index (χ3n) is 4.23. The molecule has 0 spiro atoms. The molecule has 2 heterocycles. The number of aldehydes is 1. The molecule has 2 saturated heterocycles. The highest BCUT2D eigenvalue weighted by Crippen LogP contribution is 2.24. The van der Waals surface area contributed by atoms with Crippen LogP contribution in [0.5, 0.6) is 0 Å². The van der Waals surface area contributed by atoms with Gasteiger partial charge in [0.2, 0.25) is 0 Å². The van der Waals surface area contributed by atoms with Crippen LogP contribution in [0.15, 0.2) is 24.3 Å². The zero-order chi connectivity index (χ0) is 12.4. The van der Waals surface area contributed by atoms with Gasteiger partial charge < -0.3 is 4.90 Å². The van der Waals surface area contributed by atoms with Gasteiger partial charge in [-0.05, 0) is 43.7 Å². The molecule has 0 aliphatic carbocycles. The number of rotatable bonds is 2. The van der Waals surface area contributed by atoms with Gasteiger partial charge in [0.05, 0.1) is 0 Å². The number of nitrogens with zero attached hydrogens (tertiary/aromatic N) is 2. The summed E-state index contributed by atoms with van der Waals surface area (Å²) < 4.78 is 0. The predicted molar refractivity (Wildman–Crippen MR) is 73.3 cm³/mol. The predicted octanol–water partition coefficient (Wildman–Crippen LogP) is 2.17. The molecule has 1 aromatic rings. The number of carbonyl (C=O) groups excluding carboxylic acids is 1. The second kappa shape index (κ2) is 5.11. The molecule has 0 amide bonds. The van der Waals surface area contributed by atoms with Crippen LogP contribution >= 0.6 is 0 Å². The second-order valence-electron chi connectivity index (χ2n) is 5.34. The minimum atomic E-state index is 0.734. The molecule has 3 nitrogen and oxygen atoms in total. The van der Waals surface area contributed by atoms with E-state index in [4.69, 9.17) is 0 Å². The van der Waals surface area contributed by atoms with Crippen LogP contribution in [-0.4, -0.2) is 43.4 Å². The van der Waals surface area contributed by atoms with E-state index in [9.17, 15) is 4.79 Å². The number of hydrogen-bond acceptors (Lipinski definition) is 3. The molecule has 3 rings (SSSR count). The fourth-order valence-electron chi connectivity index (χ4n) is 3.15. The molecular formula is C15H20N2O. The topological polar surface area (TPSA) is 23.6 Å². The van der Waals surface area contributed by atoms with Crippen molar-refractivity contribution in [3.63, 3.8) is 0 Å². The molecule has 2 aliphatic rings. The molecule has 1 aromatic carbocycles. The van der Waals surface area contributed by atoms with Crippen LogP contribution in [0.2, 0.25) is 0 Å². The Bertz CT molecular complexity index is 415. The van der Waals surface area contributed by atoms with Crippen molar-refractivity contribution in [1.29, 1.82) is 0 Å². The van der Waals surface area contributed by atoms with Crippen molar-refractivity contribution in [2.45, 2.75) is 25.3 Å². The Labute approximate surface area is 108 Å². The first-order valence-electron chi connectivity index (χ1n) is 6.91. The summed E-state index contributed by atoms with van der Waals surface area (Å²) in [4.78, 5) is 15.8. The Morgan fingerprint density at radius 1 is 1.06 bits per heavy atom. The van der Waals surface area contributed by atoms with Crippen LogP contribution < -0.4 is 4.90 Å². The standard InChI is InChI=1S/C15H20N2O/c18-12-13-4-6-14(7-5-13)17-10-9-16-8-2-1-3-15(16)11-17/h4-7,12,15H,1-3,8-11H2. The fourth-order valence-corrected chi connectivity index (χ4v) is 3.15. The van der Waals surface area contributed by atoms with Gasteiger partial charge in [0.15, 0.2) is 0 Å². The lowest BCUT2D eigenvalue weighted by Gasteiger charge is -2.44. The minimum absolute atomic E-state index is 0.734. The summed E-state index contributed by atoms with van der Waals surface area (Å²) in [5, 5.41) is 0. The highest BCUT2D eigenvalue weighted by Gasteiger charge is 2.28. The molecule has 1 atom stereocenters. The molecular weight excluding hydrogens is 224 g/mol. The summed E-state index contributed by atoms with van der Waals surface area (Å²) in [5.41, 5.74) is 2.01. The van der Waals surface area contributed by atoms with Gasteiger partial charge in [-0.25, -0.2) is 0 Å². The Morgan fingerprint density at radius 2 is 1.89 bits per heavy atom. The number of anilines is 1. The van der Waals surface area contributed by atoms with E-state index in [-0.39, 0.29) is 0 Å². The quantitative estimate of drug-likeness (QED) is 0.745. The average Bonchev–Trinajstić information content (AvgIpc) is 2.47. The van der Waals surface area contributed by atoms with Gasteiger partial charge in [0.25, 0.3) is 0 Å². The van der Waals surface area contributed by atoms with Crippen molar-refractivity contribution in [2.75, 3.05) is 31.1 Å². The van der Waals surface area contributed by atoms with Crippen molar-refractivity contribution in [3.05, 3.63) is 29.8 Å². The average molecular weight is 244 g/mol. The summed E-state index contributed by atoms with van der Waals surface area (Å²) >= 11 is 0. The Balaban J connectivity index is 1.70. The Kier molecular flexibility index (Phi) is 3.33. The summed E-state index contributed by atoms with van der Waals surface area (Å²) in [6, 6.07) is 8.70. The molecule has 0 aromatic heterocycles. The van der Waals surface area contributed by atoms with Crippen molar-refractivity contribution < 1.29 is 4.79 Å². The molecule has 3 heteroatoms. The molecule has 18 heavy (non-hydrogen) atoms. The highest BCUT2D eigenvalue weighted by atomic mass is 16.1. The minimum Gasteiger partial charge on any atom is -0.369 e. The molecule has 0 N–H and O–H groups in total. The monoisotopic (exact) mass is 244 g/mol. The van der Waals surface area contributed by atoms with Crippen molar-refractivity contribution in [2.24, 2.45) is 0 Å². The maximum Gasteiger partial charge on any atom is 0.150 e. The first-order valence-corrected chi connectivity index (χ1v) is 6.91. The van der Waals surface area contributed by atoms with Crippen LogP contribution in [0.25, 0.3) is 0 Å². The lowest BCUT2D eigenvalue weighted by atomic mass is 9.99. The first kappa shape index (κ1) is 11.7. The number of benzene rings is 1. The Hall–Kier alpha value is -1.35. The molecule has 0 bridgehead atoms. The van der Waals surface area contributed by atoms with Gasteiger partial charge in [0, 0.05) is 36.9 Å². The van der Waals surface area contributed by atoms with E-state index in [0.29, 0.717) is 0 Å². The third kappa shape index (κ3) is 2.27. The van der Waals surface area contributed by atoms with Crippen LogP contribution in [0.1, 0.15) is 29.6 Å². The Morgan fingerprint density at radius 3 is 2.67 bits per heavy atom. The molecule has 96 valence electrons. The van der Waals surface area contributed by atoms with Crippen LogP contribution in [0.4, 0.5) is 5.69 Å². The smallest absolute Gasteiger partial charge is 0.150 e. The van der Waals surface area contributed by atoms with Crippen LogP contribution in [-0.2, 0) is 0 Å². The van der Waals surface area contributed by atoms with E-state index in [2.05, 4.69) is 21.9 Å². The largest absolute Gasteiger partial charge is 0.369 e. The highest BCUT2D eigenvalue weighted by molar-refractivity contribution is 5.75. The van der Waals surface area contributed by atoms with E-state index in [1.807, 2.05) is 12.1 Å². The summed E-state index contributed by atoms with van der Waals surface area (Å²) in [5.74, 6) is 0. The van der Waals surface area contributed by atoms with Gasteiger partial charge in [-0.3, -0.25) is 9.69 Å². The van der Waals surface area contributed by atoms with E-state index in [0.717, 1.165) is 31.0 Å². The molecule has 0 radical (unpaired) electrons. The molecule has 2 fully saturated rings. The van der Waals surface area contributed by atoms with Gasteiger partial charge in [0.1, 0.15) is 6.29 Å². The molecule has 2 aliphatic heterocycles. The van der Waals surface area contributed by atoms with Gasteiger partial charge in [-0.2, -0.15) is 0 Å². The third-order valence-corrected chi connectivity index (χ3v) is 4.23. The number of piperazine rings is 1. The number of fused-ring (bicyclic) bond motifs is 1. The number of hydrogen-bond donors (Lipinski definition) is 0. The van der Waals surface area contributed by atoms with Crippen molar-refractivity contribution in [3.8, 4) is 0 Å². The summed E-state index contributed by atoms with van der Waals surface area (Å²) in [7, 11) is 0. The lowest BCUT2D eigenvalue weighted by Crippen LogP contribution is -2.54. The van der Waals surface area contributed by atoms with E-state index >= 15 is 0 Å². The summed E-state index contributed by atoms with van der Waals surface area (Å²) in [6.07, 6.45) is 4.98. The van der Waals surface area contributed by atoms with Crippen molar-refractivity contribution in [1.82, 2.24) is 4.90 Å². The number of piperidine rings is 1.